The number of carboxylic acid groups (broad SMARTS) is 1. The van der Waals surface area contributed by atoms with E-state index in [0.717, 1.165) is 29.8 Å². The molecule has 4 rings (SSSR count). The first-order valence-electron chi connectivity index (χ1n) is 10.2. The van der Waals surface area contributed by atoms with Crippen molar-refractivity contribution in [3.05, 3.63) is 24.0 Å². The van der Waals surface area contributed by atoms with Crippen molar-refractivity contribution in [3.8, 4) is 0 Å². The van der Waals surface area contributed by atoms with Crippen molar-refractivity contribution in [3.63, 3.8) is 0 Å². The number of fused-ring (bicyclic) bond motifs is 1. The molecule has 2 fully saturated rings. The van der Waals surface area contributed by atoms with E-state index in [1.54, 1.807) is 12.1 Å². The van der Waals surface area contributed by atoms with Gasteiger partial charge in [-0.3, -0.25) is 0 Å². The van der Waals surface area contributed by atoms with Gasteiger partial charge in [0.25, 0.3) is 0 Å². The van der Waals surface area contributed by atoms with Crippen molar-refractivity contribution in [1.82, 2.24) is 14.5 Å². The van der Waals surface area contributed by atoms with Crippen LogP contribution in [0.4, 0.5) is 4.79 Å². The summed E-state index contributed by atoms with van der Waals surface area (Å²) in [4.78, 5) is 17.2. The molecule has 1 aromatic carbocycles. The number of aromatic nitrogens is 2. The van der Waals surface area contributed by atoms with Crippen LogP contribution >= 0.6 is 0 Å². The summed E-state index contributed by atoms with van der Waals surface area (Å²) < 4.78 is 28.0. The van der Waals surface area contributed by atoms with Crippen LogP contribution in [0.2, 0.25) is 0 Å². The molecule has 2 aliphatic rings. The van der Waals surface area contributed by atoms with E-state index >= 15 is 0 Å². The first-order valence-corrected chi connectivity index (χ1v) is 11.9. The maximum atomic E-state index is 12.9. The highest BCUT2D eigenvalue weighted by molar-refractivity contribution is 7.91. The van der Waals surface area contributed by atoms with Crippen LogP contribution in [0.25, 0.3) is 11.0 Å². The molecule has 1 aliphatic heterocycles. The normalized spacial score (nSPS) is 18.2. The predicted octanol–water partition coefficient (Wildman–Crippen LogP) is 3.42. The maximum Gasteiger partial charge on any atom is 0.407 e. The average molecular weight is 420 g/mol. The van der Waals surface area contributed by atoms with Crippen LogP contribution in [0.5, 0.6) is 0 Å². The molecule has 1 aromatic heterocycles. The van der Waals surface area contributed by atoms with E-state index in [2.05, 4.69) is 25.3 Å². The average Bonchev–Trinajstić information content (AvgIpc) is 3.32. The molecular formula is C21H29N3O4S. The summed E-state index contributed by atoms with van der Waals surface area (Å²) in [6.07, 6.45) is 2.34. The summed E-state index contributed by atoms with van der Waals surface area (Å²) in [6.45, 7) is 8.06. The Morgan fingerprint density at radius 3 is 2.48 bits per heavy atom. The van der Waals surface area contributed by atoms with E-state index in [4.69, 9.17) is 10.1 Å². The van der Waals surface area contributed by atoms with Crippen molar-refractivity contribution < 1.29 is 18.3 Å². The maximum absolute atomic E-state index is 12.9. The first kappa shape index (κ1) is 20.2. The number of imidazole rings is 1. The molecule has 1 saturated carbocycles. The summed E-state index contributed by atoms with van der Waals surface area (Å²) in [5.41, 5.74) is 1.82. The lowest BCUT2D eigenvalue weighted by molar-refractivity contribution is 0.0894. The fraction of sp³-hybridized carbons (Fsp3) is 0.619. The van der Waals surface area contributed by atoms with Crippen LogP contribution in [0.3, 0.4) is 0 Å². The Labute approximate surface area is 171 Å². The molecule has 2 aromatic rings. The largest absolute Gasteiger partial charge is 0.465 e. The topological polar surface area (TPSA) is 92.5 Å². The second-order valence-corrected chi connectivity index (χ2v) is 11.8. The van der Waals surface area contributed by atoms with Gasteiger partial charge in [-0.05, 0) is 42.4 Å². The quantitative estimate of drug-likeness (QED) is 0.774. The number of carbonyl (C=O) groups is 1. The SMILES string of the molecule is CC(C)(C)Cc1nc2cc(S(=O)(=O)CC3CN(C(=O)O)C3)ccc2n1CC1CC1. The molecule has 0 bridgehead atoms. The number of sulfone groups is 1. The molecule has 1 saturated heterocycles. The number of benzene rings is 1. The fourth-order valence-electron chi connectivity index (χ4n) is 3.96. The van der Waals surface area contributed by atoms with Crippen molar-refractivity contribution in [2.45, 2.75) is 51.5 Å². The lowest BCUT2D eigenvalue weighted by Gasteiger charge is -2.36. The van der Waals surface area contributed by atoms with E-state index in [0.29, 0.717) is 5.92 Å². The van der Waals surface area contributed by atoms with Crippen molar-refractivity contribution in [2.75, 3.05) is 18.8 Å². The molecule has 0 radical (unpaired) electrons. The van der Waals surface area contributed by atoms with Gasteiger partial charge in [0.05, 0.1) is 21.7 Å². The van der Waals surface area contributed by atoms with Crippen molar-refractivity contribution in [2.24, 2.45) is 17.3 Å². The van der Waals surface area contributed by atoms with Crippen LogP contribution in [-0.4, -0.2) is 52.9 Å². The zero-order valence-corrected chi connectivity index (χ0v) is 18.1. The van der Waals surface area contributed by atoms with Gasteiger partial charge < -0.3 is 14.6 Å². The van der Waals surface area contributed by atoms with E-state index in [9.17, 15) is 13.2 Å². The highest BCUT2D eigenvalue weighted by Gasteiger charge is 2.34. The molecule has 0 spiro atoms. The fourth-order valence-corrected chi connectivity index (χ4v) is 5.55. The van der Waals surface area contributed by atoms with Gasteiger partial charge in [-0.2, -0.15) is 0 Å². The highest BCUT2D eigenvalue weighted by Crippen LogP contribution is 2.34. The number of nitrogens with zero attached hydrogens (tertiary/aromatic N) is 3. The minimum atomic E-state index is -3.48. The molecular weight excluding hydrogens is 390 g/mol. The molecule has 158 valence electrons. The number of likely N-dealkylation sites (tertiary alicyclic amines) is 1. The van der Waals surface area contributed by atoms with E-state index in [1.165, 1.54) is 17.7 Å². The Kier molecular flexibility index (Phi) is 4.88. The first-order chi connectivity index (χ1) is 13.5. The molecule has 1 amide bonds. The Bertz CT molecular complexity index is 1040. The molecule has 29 heavy (non-hydrogen) atoms. The van der Waals surface area contributed by atoms with Crippen LogP contribution in [0.1, 0.15) is 39.4 Å². The summed E-state index contributed by atoms with van der Waals surface area (Å²) in [7, 11) is -3.48. The zero-order chi connectivity index (χ0) is 21.0. The van der Waals surface area contributed by atoms with E-state index in [1.807, 2.05) is 6.07 Å². The van der Waals surface area contributed by atoms with Crippen molar-refractivity contribution >= 4 is 27.0 Å². The molecule has 1 N–H and O–H groups in total. The van der Waals surface area contributed by atoms with Gasteiger partial charge in [0, 0.05) is 32.0 Å². The van der Waals surface area contributed by atoms with E-state index in [-0.39, 0.29) is 35.1 Å². The summed E-state index contributed by atoms with van der Waals surface area (Å²) in [5.74, 6) is 1.55. The standard InChI is InChI=1S/C21H29N3O4S/c1-21(2,3)9-19-22-17-8-16(6-7-18(17)24(19)12-14-4-5-14)29(27,28)13-15-10-23(11-15)20(25)26/h6-8,14-15H,4-5,9-13H2,1-3H3,(H,25,26). The molecule has 8 heteroatoms. The molecule has 1 aliphatic carbocycles. The summed E-state index contributed by atoms with van der Waals surface area (Å²) >= 11 is 0. The lowest BCUT2D eigenvalue weighted by Crippen LogP contribution is -2.51. The van der Waals surface area contributed by atoms with E-state index < -0.39 is 15.9 Å². The second kappa shape index (κ2) is 7.00. The summed E-state index contributed by atoms with van der Waals surface area (Å²) in [5, 5.41) is 8.93. The van der Waals surface area contributed by atoms with Gasteiger partial charge in [0.1, 0.15) is 5.82 Å². The Hall–Kier alpha value is -2.09. The van der Waals surface area contributed by atoms with Gasteiger partial charge in [0.15, 0.2) is 9.84 Å². The lowest BCUT2D eigenvalue weighted by atomic mass is 9.92. The Morgan fingerprint density at radius 2 is 1.90 bits per heavy atom. The molecule has 0 unspecified atom stereocenters. The third-order valence-corrected chi connectivity index (χ3v) is 7.55. The third-order valence-electron chi connectivity index (χ3n) is 5.67. The highest BCUT2D eigenvalue weighted by atomic mass is 32.2. The Balaban J connectivity index is 1.60. The van der Waals surface area contributed by atoms with Gasteiger partial charge >= 0.3 is 6.09 Å². The predicted molar refractivity (Wildman–Crippen MR) is 111 cm³/mol. The number of hydrogen-bond acceptors (Lipinski definition) is 4. The van der Waals surface area contributed by atoms with Gasteiger partial charge in [0.2, 0.25) is 0 Å². The minimum absolute atomic E-state index is 0.0279. The third kappa shape index (κ3) is 4.42. The van der Waals surface area contributed by atoms with Crippen LogP contribution in [-0.2, 0) is 22.8 Å². The smallest absolute Gasteiger partial charge is 0.407 e. The number of hydrogen-bond donors (Lipinski definition) is 1. The van der Waals surface area contributed by atoms with Crippen molar-refractivity contribution in [1.29, 1.82) is 0 Å². The summed E-state index contributed by atoms with van der Waals surface area (Å²) in [6, 6.07) is 5.25. The van der Waals surface area contributed by atoms with Crippen LogP contribution in [0.15, 0.2) is 23.1 Å². The van der Waals surface area contributed by atoms with Gasteiger partial charge in [-0.1, -0.05) is 20.8 Å². The number of rotatable bonds is 6. The number of amides is 1. The van der Waals surface area contributed by atoms with Crippen LogP contribution in [0, 0.1) is 17.3 Å². The molecule has 2 heterocycles. The van der Waals surface area contributed by atoms with Gasteiger partial charge in [-0.25, -0.2) is 18.2 Å². The van der Waals surface area contributed by atoms with Gasteiger partial charge in [-0.15, -0.1) is 0 Å². The molecule has 0 atom stereocenters. The minimum Gasteiger partial charge on any atom is -0.465 e. The zero-order valence-electron chi connectivity index (χ0n) is 17.3. The monoisotopic (exact) mass is 419 g/mol. The molecule has 7 nitrogen and oxygen atoms in total. The second-order valence-electron chi connectivity index (χ2n) is 9.80. The Morgan fingerprint density at radius 1 is 1.21 bits per heavy atom. The van der Waals surface area contributed by atoms with Crippen LogP contribution < -0.4 is 0 Å².